The largest absolute Gasteiger partial charge is 0.327 e. The summed E-state index contributed by atoms with van der Waals surface area (Å²) in [6, 6.07) is 6.06. The second-order valence-electron chi connectivity index (χ2n) is 2.79. The molecule has 0 spiro atoms. The Kier molecular flexibility index (Phi) is 3.87. The lowest BCUT2D eigenvalue weighted by Gasteiger charge is -2.03. The van der Waals surface area contributed by atoms with Gasteiger partial charge in [0.25, 0.3) is 10.1 Å². The van der Waals surface area contributed by atoms with Crippen molar-refractivity contribution < 1.29 is 13.0 Å². The van der Waals surface area contributed by atoms with Gasteiger partial charge in [-0.15, -0.1) is 0 Å². The smallest absolute Gasteiger partial charge is 0.294 e. The number of hydrogen-bond donors (Lipinski definition) is 2. The first kappa shape index (κ1) is 12.2. The molecule has 0 radical (unpaired) electrons. The van der Waals surface area contributed by atoms with Crippen LogP contribution in [-0.4, -0.2) is 19.5 Å². The summed E-state index contributed by atoms with van der Waals surface area (Å²) in [5, 5.41) is 0.487. The predicted octanol–water partition coefficient (Wildman–Crippen LogP) is 1.53. The van der Waals surface area contributed by atoms with E-state index in [1.165, 1.54) is 30.3 Å². The molecule has 0 atom stereocenters. The maximum absolute atomic E-state index is 11.0. The molecule has 1 aromatic carbocycles. The second kappa shape index (κ2) is 4.76. The molecular weight excluding hydrogens is 238 g/mol. The van der Waals surface area contributed by atoms with E-state index >= 15 is 0 Å². The van der Waals surface area contributed by atoms with E-state index in [9.17, 15) is 8.42 Å². The molecule has 0 heterocycles. The van der Waals surface area contributed by atoms with Crippen molar-refractivity contribution in [3.8, 4) is 0 Å². The van der Waals surface area contributed by atoms with E-state index < -0.39 is 10.1 Å². The zero-order chi connectivity index (χ0) is 11.5. The van der Waals surface area contributed by atoms with Crippen LogP contribution in [0.3, 0.4) is 0 Å². The second-order valence-corrected chi connectivity index (χ2v) is 4.61. The highest BCUT2D eigenvalue weighted by Gasteiger charge is 2.15. The molecule has 6 heteroatoms. The van der Waals surface area contributed by atoms with Crippen molar-refractivity contribution >= 4 is 26.6 Å². The third kappa shape index (κ3) is 3.32. The van der Waals surface area contributed by atoms with Crippen LogP contribution in [0.5, 0.6) is 0 Å². The molecule has 0 aliphatic carbocycles. The minimum absolute atomic E-state index is 0.0255. The van der Waals surface area contributed by atoms with Crippen molar-refractivity contribution in [2.45, 2.75) is 0 Å². The molecule has 15 heavy (non-hydrogen) atoms. The molecule has 1 rings (SSSR count). The van der Waals surface area contributed by atoms with Gasteiger partial charge in [0.15, 0.2) is 0 Å². The van der Waals surface area contributed by atoms with Gasteiger partial charge in [0.05, 0.1) is 4.91 Å². The van der Waals surface area contributed by atoms with Crippen LogP contribution < -0.4 is 5.73 Å². The monoisotopic (exact) mass is 247 g/mol. The van der Waals surface area contributed by atoms with Gasteiger partial charge in [-0.3, -0.25) is 4.55 Å². The van der Waals surface area contributed by atoms with Gasteiger partial charge >= 0.3 is 0 Å². The Morgan fingerprint density at radius 1 is 1.40 bits per heavy atom. The van der Waals surface area contributed by atoms with Crippen molar-refractivity contribution in [3.63, 3.8) is 0 Å². The first-order valence-electron chi connectivity index (χ1n) is 4.09. The SMILES string of the molecule is NCC=C(c1ccc(Cl)cc1)S(=O)(=O)O. The number of benzene rings is 1. The van der Waals surface area contributed by atoms with Crippen LogP contribution >= 0.6 is 11.6 Å². The fraction of sp³-hybridized carbons (Fsp3) is 0.111. The number of nitrogens with two attached hydrogens (primary N) is 1. The molecule has 0 unspecified atom stereocenters. The summed E-state index contributed by atoms with van der Waals surface area (Å²) in [7, 11) is -4.25. The topological polar surface area (TPSA) is 80.4 Å². The van der Waals surface area contributed by atoms with E-state index in [-0.39, 0.29) is 11.4 Å². The van der Waals surface area contributed by atoms with Gasteiger partial charge in [-0.05, 0) is 23.8 Å². The van der Waals surface area contributed by atoms with Crippen LogP contribution in [0.25, 0.3) is 4.91 Å². The van der Waals surface area contributed by atoms with Gasteiger partial charge in [-0.2, -0.15) is 8.42 Å². The molecule has 0 aromatic heterocycles. The third-order valence-electron chi connectivity index (χ3n) is 1.71. The Bertz CT molecular complexity index is 465. The summed E-state index contributed by atoms with van der Waals surface area (Å²) in [4.78, 5) is -0.207. The minimum Gasteiger partial charge on any atom is -0.327 e. The molecule has 0 saturated carbocycles. The normalized spacial score (nSPS) is 12.9. The third-order valence-corrected chi connectivity index (χ3v) is 2.92. The van der Waals surface area contributed by atoms with E-state index in [2.05, 4.69) is 0 Å². The Balaban J connectivity index is 3.24. The summed E-state index contributed by atoms with van der Waals surface area (Å²) in [5.74, 6) is 0. The van der Waals surface area contributed by atoms with Gasteiger partial charge in [-0.25, -0.2) is 0 Å². The number of rotatable bonds is 3. The van der Waals surface area contributed by atoms with E-state index in [0.717, 1.165) is 0 Å². The van der Waals surface area contributed by atoms with E-state index in [1.807, 2.05) is 0 Å². The summed E-state index contributed by atoms with van der Waals surface area (Å²) >= 11 is 5.65. The molecule has 0 aliphatic rings. The summed E-state index contributed by atoms with van der Waals surface area (Å²) in [6.07, 6.45) is 1.23. The van der Waals surface area contributed by atoms with Crippen molar-refractivity contribution in [2.24, 2.45) is 5.73 Å². The summed E-state index contributed by atoms with van der Waals surface area (Å²) < 4.78 is 31.0. The summed E-state index contributed by atoms with van der Waals surface area (Å²) in [5.41, 5.74) is 5.57. The average Bonchev–Trinajstić information content (AvgIpc) is 2.14. The standard InChI is InChI=1S/C9H10ClNO3S/c10-8-3-1-7(2-4-8)9(5-6-11)15(12,13)14/h1-5H,6,11H2,(H,12,13,14). The average molecular weight is 248 g/mol. The Morgan fingerprint density at radius 2 is 1.93 bits per heavy atom. The Labute approximate surface area is 93.1 Å². The maximum atomic E-state index is 11.0. The van der Waals surface area contributed by atoms with Crippen LogP contribution in [0, 0.1) is 0 Å². The quantitative estimate of drug-likeness (QED) is 0.794. The van der Waals surface area contributed by atoms with E-state index in [4.69, 9.17) is 21.9 Å². The molecule has 0 fully saturated rings. The van der Waals surface area contributed by atoms with Gasteiger partial charge in [0, 0.05) is 11.6 Å². The van der Waals surface area contributed by atoms with Crippen LogP contribution in [0.2, 0.25) is 5.02 Å². The first-order valence-corrected chi connectivity index (χ1v) is 5.90. The van der Waals surface area contributed by atoms with Gasteiger partial charge in [0.2, 0.25) is 0 Å². The minimum atomic E-state index is -4.25. The van der Waals surface area contributed by atoms with Crippen LogP contribution in [0.1, 0.15) is 5.56 Å². The van der Waals surface area contributed by atoms with Crippen LogP contribution in [-0.2, 0) is 10.1 Å². The first-order chi connectivity index (χ1) is 6.95. The highest BCUT2D eigenvalue weighted by molar-refractivity contribution is 7.95. The fourth-order valence-electron chi connectivity index (χ4n) is 1.09. The highest BCUT2D eigenvalue weighted by atomic mass is 35.5. The number of halogens is 1. The lowest BCUT2D eigenvalue weighted by molar-refractivity contribution is 0.496. The predicted molar refractivity (Wildman–Crippen MR) is 60.0 cm³/mol. The van der Waals surface area contributed by atoms with Gasteiger partial charge in [0.1, 0.15) is 0 Å². The van der Waals surface area contributed by atoms with Crippen molar-refractivity contribution in [1.82, 2.24) is 0 Å². The molecule has 0 saturated heterocycles. The Morgan fingerprint density at radius 3 is 2.33 bits per heavy atom. The van der Waals surface area contributed by atoms with Crippen molar-refractivity contribution in [2.75, 3.05) is 6.54 Å². The molecule has 4 nitrogen and oxygen atoms in total. The molecule has 0 amide bonds. The fourth-order valence-corrected chi connectivity index (χ4v) is 1.96. The van der Waals surface area contributed by atoms with Gasteiger partial charge < -0.3 is 5.73 Å². The molecular formula is C9H10ClNO3S. The Hall–Kier alpha value is -0.880. The molecule has 1 aromatic rings. The molecule has 0 aliphatic heterocycles. The zero-order valence-corrected chi connectivity index (χ0v) is 9.29. The molecule has 82 valence electrons. The highest BCUT2D eigenvalue weighted by Crippen LogP contribution is 2.21. The van der Waals surface area contributed by atoms with Crippen LogP contribution in [0.15, 0.2) is 30.3 Å². The lowest BCUT2D eigenvalue weighted by Crippen LogP contribution is -2.04. The molecule has 0 bridgehead atoms. The lowest BCUT2D eigenvalue weighted by atomic mass is 10.2. The number of hydrogen-bond acceptors (Lipinski definition) is 3. The molecule has 3 N–H and O–H groups in total. The summed E-state index contributed by atoms with van der Waals surface area (Å²) in [6.45, 7) is 0.0255. The van der Waals surface area contributed by atoms with E-state index in [1.54, 1.807) is 0 Å². The van der Waals surface area contributed by atoms with Crippen molar-refractivity contribution in [3.05, 3.63) is 40.9 Å². The van der Waals surface area contributed by atoms with E-state index in [0.29, 0.717) is 10.6 Å². The van der Waals surface area contributed by atoms with Crippen molar-refractivity contribution in [1.29, 1.82) is 0 Å². The maximum Gasteiger partial charge on any atom is 0.294 e. The van der Waals surface area contributed by atoms with Gasteiger partial charge in [-0.1, -0.05) is 23.7 Å². The van der Waals surface area contributed by atoms with Crippen LogP contribution in [0.4, 0.5) is 0 Å². The zero-order valence-electron chi connectivity index (χ0n) is 7.72.